The van der Waals surface area contributed by atoms with Crippen molar-refractivity contribution in [2.24, 2.45) is 11.8 Å². The third-order valence-electron chi connectivity index (χ3n) is 4.94. The Morgan fingerprint density at radius 2 is 2.10 bits per heavy atom. The van der Waals surface area contributed by atoms with Crippen LogP contribution in [0.25, 0.3) is 10.1 Å². The van der Waals surface area contributed by atoms with E-state index in [1.807, 2.05) is 11.3 Å². The van der Waals surface area contributed by atoms with Gasteiger partial charge in [-0.1, -0.05) is 32.0 Å². The van der Waals surface area contributed by atoms with Crippen molar-refractivity contribution in [2.45, 2.75) is 52.0 Å². The van der Waals surface area contributed by atoms with Crippen LogP contribution in [-0.4, -0.2) is 12.6 Å². The third-order valence-corrected chi connectivity index (χ3v) is 5.96. The molecule has 1 nitrogen and oxygen atoms in total. The van der Waals surface area contributed by atoms with Crippen LogP contribution in [0.2, 0.25) is 0 Å². The van der Waals surface area contributed by atoms with Crippen LogP contribution < -0.4 is 5.32 Å². The largest absolute Gasteiger partial charge is 0.314 e. The third kappa shape index (κ3) is 3.49. The molecule has 0 radical (unpaired) electrons. The van der Waals surface area contributed by atoms with Crippen molar-refractivity contribution in [1.82, 2.24) is 5.32 Å². The average Bonchev–Trinajstić information content (AvgIpc) is 2.90. The highest BCUT2D eigenvalue weighted by Gasteiger charge is 2.28. The van der Waals surface area contributed by atoms with Crippen LogP contribution in [0.15, 0.2) is 29.6 Å². The molecule has 0 bridgehead atoms. The summed E-state index contributed by atoms with van der Waals surface area (Å²) in [6.45, 7) is 5.86. The molecule has 2 heteroatoms. The molecule has 0 aliphatic heterocycles. The van der Waals surface area contributed by atoms with E-state index < -0.39 is 0 Å². The van der Waals surface area contributed by atoms with E-state index in [0.717, 1.165) is 17.9 Å². The minimum atomic E-state index is 0.722. The Labute approximate surface area is 132 Å². The summed E-state index contributed by atoms with van der Waals surface area (Å²) in [4.78, 5) is 0. The second kappa shape index (κ2) is 6.93. The summed E-state index contributed by atoms with van der Waals surface area (Å²) in [6.07, 6.45) is 6.61. The van der Waals surface area contributed by atoms with E-state index in [4.69, 9.17) is 0 Å². The number of hydrogen-bond donors (Lipinski definition) is 1. The predicted molar refractivity (Wildman–Crippen MR) is 94.1 cm³/mol. The van der Waals surface area contributed by atoms with E-state index in [9.17, 15) is 0 Å². The maximum absolute atomic E-state index is 3.81. The van der Waals surface area contributed by atoms with Gasteiger partial charge in [0.2, 0.25) is 0 Å². The molecule has 3 atom stereocenters. The van der Waals surface area contributed by atoms with Crippen LogP contribution in [0.3, 0.4) is 0 Å². The molecular weight excluding hydrogens is 274 g/mol. The molecule has 1 saturated carbocycles. The van der Waals surface area contributed by atoms with E-state index in [2.05, 4.69) is 48.8 Å². The van der Waals surface area contributed by atoms with Crippen LogP contribution in [0.4, 0.5) is 0 Å². The summed E-state index contributed by atoms with van der Waals surface area (Å²) in [6, 6.07) is 9.59. The summed E-state index contributed by atoms with van der Waals surface area (Å²) >= 11 is 1.90. The Bertz CT molecular complexity index is 572. The molecule has 0 spiro atoms. The summed E-state index contributed by atoms with van der Waals surface area (Å²) in [7, 11) is 0. The molecule has 1 aliphatic carbocycles. The monoisotopic (exact) mass is 301 g/mol. The smallest absolute Gasteiger partial charge is 0.0345 e. The Morgan fingerprint density at radius 3 is 2.95 bits per heavy atom. The van der Waals surface area contributed by atoms with Crippen molar-refractivity contribution < 1.29 is 0 Å². The van der Waals surface area contributed by atoms with Gasteiger partial charge in [0.25, 0.3) is 0 Å². The minimum Gasteiger partial charge on any atom is -0.314 e. The van der Waals surface area contributed by atoms with Crippen molar-refractivity contribution in [1.29, 1.82) is 0 Å². The quantitative estimate of drug-likeness (QED) is 0.795. The molecule has 0 amide bonds. The Kier molecular flexibility index (Phi) is 4.97. The lowest BCUT2D eigenvalue weighted by Gasteiger charge is -2.35. The highest BCUT2D eigenvalue weighted by Crippen LogP contribution is 2.34. The lowest BCUT2D eigenvalue weighted by atomic mass is 9.76. The Hall–Kier alpha value is -0.860. The molecule has 1 heterocycles. The van der Waals surface area contributed by atoms with E-state index in [1.54, 1.807) is 5.56 Å². The van der Waals surface area contributed by atoms with Crippen LogP contribution in [0.5, 0.6) is 0 Å². The molecule has 1 fully saturated rings. The first-order valence-electron chi connectivity index (χ1n) is 8.46. The zero-order valence-corrected chi connectivity index (χ0v) is 14.1. The van der Waals surface area contributed by atoms with Crippen molar-refractivity contribution in [3.05, 3.63) is 35.2 Å². The fraction of sp³-hybridized carbons (Fsp3) is 0.579. The normalized spacial score (nSPS) is 26.3. The molecule has 114 valence electrons. The van der Waals surface area contributed by atoms with Gasteiger partial charge < -0.3 is 5.32 Å². The van der Waals surface area contributed by atoms with Gasteiger partial charge >= 0.3 is 0 Å². The molecule has 1 N–H and O–H groups in total. The fourth-order valence-electron chi connectivity index (χ4n) is 3.80. The van der Waals surface area contributed by atoms with Crippen LogP contribution >= 0.6 is 11.3 Å². The maximum atomic E-state index is 3.81. The van der Waals surface area contributed by atoms with Crippen molar-refractivity contribution in [3.63, 3.8) is 0 Å². The van der Waals surface area contributed by atoms with Crippen molar-refractivity contribution in [3.8, 4) is 0 Å². The van der Waals surface area contributed by atoms with E-state index >= 15 is 0 Å². The molecular formula is C19H27NS. The second-order valence-electron chi connectivity index (χ2n) is 6.70. The van der Waals surface area contributed by atoms with E-state index in [-0.39, 0.29) is 0 Å². The topological polar surface area (TPSA) is 12.0 Å². The van der Waals surface area contributed by atoms with Gasteiger partial charge in [0.05, 0.1) is 0 Å². The molecule has 3 unspecified atom stereocenters. The molecule has 0 saturated heterocycles. The highest BCUT2D eigenvalue weighted by molar-refractivity contribution is 7.17. The first-order chi connectivity index (χ1) is 10.3. The summed E-state index contributed by atoms with van der Waals surface area (Å²) in [5, 5.41) is 7.68. The van der Waals surface area contributed by atoms with Gasteiger partial charge in [-0.2, -0.15) is 0 Å². The molecule has 2 aromatic rings. The number of rotatable bonds is 5. The molecule has 21 heavy (non-hydrogen) atoms. The minimum absolute atomic E-state index is 0.722. The average molecular weight is 301 g/mol. The number of nitrogens with one attached hydrogen (secondary N) is 1. The van der Waals surface area contributed by atoms with Gasteiger partial charge in [-0.3, -0.25) is 0 Å². The van der Waals surface area contributed by atoms with Gasteiger partial charge in [0.1, 0.15) is 0 Å². The van der Waals surface area contributed by atoms with Crippen LogP contribution in [0, 0.1) is 11.8 Å². The number of hydrogen-bond acceptors (Lipinski definition) is 2. The first kappa shape index (κ1) is 15.1. The zero-order chi connectivity index (χ0) is 14.7. The van der Waals surface area contributed by atoms with Crippen LogP contribution in [0.1, 0.15) is 45.1 Å². The molecule has 3 rings (SSSR count). The SMILES string of the molecule is CCCNC1CCC(C)CC1Cc1csc2ccccc12. The molecule has 1 aromatic carbocycles. The molecule has 1 aromatic heterocycles. The van der Waals surface area contributed by atoms with Gasteiger partial charge in [0.15, 0.2) is 0 Å². The number of fused-ring (bicyclic) bond motifs is 1. The molecule has 1 aliphatic rings. The van der Waals surface area contributed by atoms with Crippen LogP contribution in [-0.2, 0) is 6.42 Å². The number of thiophene rings is 1. The van der Waals surface area contributed by atoms with E-state index in [0.29, 0.717) is 0 Å². The van der Waals surface area contributed by atoms with E-state index in [1.165, 1.54) is 48.7 Å². The van der Waals surface area contributed by atoms with Crippen molar-refractivity contribution >= 4 is 21.4 Å². The number of benzene rings is 1. The van der Waals surface area contributed by atoms with Crippen molar-refractivity contribution in [2.75, 3.05) is 6.54 Å². The van der Waals surface area contributed by atoms with Gasteiger partial charge in [-0.05, 0) is 72.9 Å². The maximum Gasteiger partial charge on any atom is 0.0345 e. The van der Waals surface area contributed by atoms with Gasteiger partial charge in [-0.15, -0.1) is 11.3 Å². The standard InChI is InChI=1S/C19H27NS/c1-3-10-20-18-9-8-14(2)11-15(18)12-16-13-21-19-7-5-4-6-17(16)19/h4-7,13-15,18,20H,3,8-12H2,1-2H3. The lowest BCUT2D eigenvalue weighted by molar-refractivity contribution is 0.212. The second-order valence-corrected chi connectivity index (χ2v) is 7.61. The van der Waals surface area contributed by atoms with Gasteiger partial charge in [0, 0.05) is 10.7 Å². The Morgan fingerprint density at radius 1 is 1.24 bits per heavy atom. The first-order valence-corrected chi connectivity index (χ1v) is 9.34. The summed E-state index contributed by atoms with van der Waals surface area (Å²) in [5.74, 6) is 1.69. The zero-order valence-electron chi connectivity index (χ0n) is 13.3. The Balaban J connectivity index is 1.76. The predicted octanol–water partition coefficient (Wildman–Crippen LogP) is 5.25. The fourth-order valence-corrected chi connectivity index (χ4v) is 4.77. The lowest BCUT2D eigenvalue weighted by Crippen LogP contribution is -2.41. The summed E-state index contributed by atoms with van der Waals surface area (Å²) in [5.41, 5.74) is 1.57. The summed E-state index contributed by atoms with van der Waals surface area (Å²) < 4.78 is 1.44. The van der Waals surface area contributed by atoms with Gasteiger partial charge in [-0.25, -0.2) is 0 Å². The highest BCUT2D eigenvalue weighted by atomic mass is 32.1.